The molecule has 0 aromatic heterocycles. The molecule has 0 aliphatic rings. The molecule has 0 nitrogen and oxygen atoms in total. The molecule has 1 aromatic carbocycles. The fraction of sp³-hybridized carbons (Fsp3) is 0.400. The van der Waals surface area contributed by atoms with Crippen LogP contribution in [0.25, 0.3) is 0 Å². The molecule has 0 radical (unpaired) electrons. The predicted octanol–water partition coefficient (Wildman–Crippen LogP) is 4.45. The maximum absolute atomic E-state index is 13.2. The first-order valence-corrected chi connectivity index (χ1v) is 5.18. The van der Waals surface area contributed by atoms with E-state index in [1.807, 2.05) is 0 Å². The minimum Gasteiger partial charge on any atom is -0.207 e. The highest BCUT2D eigenvalue weighted by molar-refractivity contribution is 9.09. The summed E-state index contributed by atoms with van der Waals surface area (Å²) in [5, 5.41) is 0. The van der Waals surface area contributed by atoms with Crippen molar-refractivity contribution in [3.05, 3.63) is 35.4 Å². The molecule has 0 aliphatic carbocycles. The first-order chi connectivity index (χ1) is 6.79. The average molecular weight is 285 g/mol. The summed E-state index contributed by atoms with van der Waals surface area (Å²) in [5.74, 6) is -4.26. The molecule has 0 amide bonds. The lowest BCUT2D eigenvalue weighted by molar-refractivity contribution is 0.0128. The molecule has 84 valence electrons. The third-order valence-electron chi connectivity index (χ3n) is 1.83. The van der Waals surface area contributed by atoms with E-state index >= 15 is 0 Å². The average Bonchev–Trinajstić information content (AvgIpc) is 2.06. The number of rotatable bonds is 3. The van der Waals surface area contributed by atoms with Crippen LogP contribution >= 0.6 is 15.9 Å². The van der Waals surface area contributed by atoms with E-state index < -0.39 is 28.8 Å². The molecule has 0 saturated heterocycles. The van der Waals surface area contributed by atoms with Gasteiger partial charge in [-0.25, -0.2) is 17.6 Å². The van der Waals surface area contributed by atoms with E-state index in [2.05, 4.69) is 15.9 Å². The third-order valence-corrected chi connectivity index (χ3v) is 2.65. The van der Waals surface area contributed by atoms with Gasteiger partial charge in [0.05, 0.1) is 0 Å². The van der Waals surface area contributed by atoms with Crippen molar-refractivity contribution in [1.82, 2.24) is 0 Å². The molecular weight excluding hydrogens is 276 g/mol. The van der Waals surface area contributed by atoms with Crippen molar-refractivity contribution in [1.29, 1.82) is 0 Å². The molecule has 0 fully saturated rings. The van der Waals surface area contributed by atoms with E-state index in [0.29, 0.717) is 0 Å². The molecular formula is C10H9BrF4. The van der Waals surface area contributed by atoms with Gasteiger partial charge in [-0.05, 0) is 25.1 Å². The molecule has 0 spiro atoms. The van der Waals surface area contributed by atoms with Crippen molar-refractivity contribution >= 4 is 15.9 Å². The van der Waals surface area contributed by atoms with Crippen molar-refractivity contribution in [3.8, 4) is 0 Å². The predicted molar refractivity (Wildman–Crippen MR) is 53.3 cm³/mol. The smallest absolute Gasteiger partial charge is 0.207 e. The standard InChI is InChI=1S/C10H9BrF4/c1-10(14,15)5-8(11)7-4-6(12)2-3-9(7)13/h2-4,8H,5H2,1H3. The van der Waals surface area contributed by atoms with Crippen LogP contribution in [0.4, 0.5) is 17.6 Å². The van der Waals surface area contributed by atoms with Crippen molar-refractivity contribution in [3.63, 3.8) is 0 Å². The Bertz CT molecular complexity index is 346. The fourth-order valence-electron chi connectivity index (χ4n) is 1.18. The Morgan fingerprint density at radius 2 is 1.93 bits per heavy atom. The Kier molecular flexibility index (Phi) is 3.76. The molecule has 0 bridgehead atoms. The van der Waals surface area contributed by atoms with Crippen LogP contribution in [0.3, 0.4) is 0 Å². The van der Waals surface area contributed by atoms with Crippen LogP contribution in [0.5, 0.6) is 0 Å². The van der Waals surface area contributed by atoms with Gasteiger partial charge >= 0.3 is 0 Å². The van der Waals surface area contributed by atoms with E-state index in [1.54, 1.807) is 0 Å². The van der Waals surface area contributed by atoms with Crippen molar-refractivity contribution in [2.45, 2.75) is 24.1 Å². The second-order valence-corrected chi connectivity index (χ2v) is 4.51. The van der Waals surface area contributed by atoms with Gasteiger partial charge in [-0.1, -0.05) is 15.9 Å². The van der Waals surface area contributed by atoms with Crippen LogP contribution in [0.2, 0.25) is 0 Å². The lowest BCUT2D eigenvalue weighted by Crippen LogP contribution is -2.13. The van der Waals surface area contributed by atoms with Gasteiger partial charge < -0.3 is 0 Å². The SMILES string of the molecule is CC(F)(F)CC(Br)c1cc(F)ccc1F. The second-order valence-electron chi connectivity index (χ2n) is 3.41. The highest BCUT2D eigenvalue weighted by Gasteiger charge is 2.27. The topological polar surface area (TPSA) is 0 Å². The zero-order valence-corrected chi connectivity index (χ0v) is 9.49. The quantitative estimate of drug-likeness (QED) is 0.568. The van der Waals surface area contributed by atoms with Crippen molar-refractivity contribution in [2.75, 3.05) is 0 Å². The van der Waals surface area contributed by atoms with Gasteiger partial charge in [-0.3, -0.25) is 0 Å². The molecule has 0 N–H and O–H groups in total. The van der Waals surface area contributed by atoms with E-state index in [-0.39, 0.29) is 5.56 Å². The van der Waals surface area contributed by atoms with Gasteiger partial charge in [0.1, 0.15) is 11.6 Å². The number of halogens is 5. The number of benzene rings is 1. The third kappa shape index (κ3) is 3.81. The molecule has 0 saturated carbocycles. The van der Waals surface area contributed by atoms with Crippen LogP contribution in [0.15, 0.2) is 18.2 Å². The highest BCUT2D eigenvalue weighted by Crippen LogP contribution is 2.35. The number of hydrogen-bond donors (Lipinski definition) is 0. The zero-order valence-electron chi connectivity index (χ0n) is 7.91. The van der Waals surface area contributed by atoms with Crippen LogP contribution < -0.4 is 0 Å². The summed E-state index contributed by atoms with van der Waals surface area (Å²) >= 11 is 2.92. The zero-order chi connectivity index (χ0) is 11.6. The first-order valence-electron chi connectivity index (χ1n) is 4.26. The van der Waals surface area contributed by atoms with Crippen molar-refractivity contribution < 1.29 is 17.6 Å². The Morgan fingerprint density at radius 1 is 1.33 bits per heavy atom. The summed E-state index contributed by atoms with van der Waals surface area (Å²) < 4.78 is 51.2. The number of hydrogen-bond acceptors (Lipinski definition) is 0. The van der Waals surface area contributed by atoms with Crippen molar-refractivity contribution in [2.24, 2.45) is 0 Å². The van der Waals surface area contributed by atoms with E-state index in [4.69, 9.17) is 0 Å². The molecule has 0 aliphatic heterocycles. The van der Waals surface area contributed by atoms with E-state index in [9.17, 15) is 17.6 Å². The second kappa shape index (κ2) is 4.51. The van der Waals surface area contributed by atoms with Gasteiger partial charge in [0, 0.05) is 16.8 Å². The molecule has 1 unspecified atom stereocenters. The van der Waals surface area contributed by atoms with Gasteiger partial charge in [0.2, 0.25) is 5.92 Å². The first kappa shape index (κ1) is 12.5. The lowest BCUT2D eigenvalue weighted by Gasteiger charge is -2.16. The maximum atomic E-state index is 13.2. The fourth-order valence-corrected chi connectivity index (χ4v) is 2.10. The lowest BCUT2D eigenvalue weighted by atomic mass is 10.1. The minimum atomic E-state index is -2.92. The normalized spacial score (nSPS) is 14.0. The molecule has 1 atom stereocenters. The summed E-state index contributed by atoms with van der Waals surface area (Å²) in [6, 6.07) is 2.79. The summed E-state index contributed by atoms with van der Waals surface area (Å²) in [6.07, 6.45) is -0.576. The van der Waals surface area contributed by atoms with Gasteiger partial charge in [0.25, 0.3) is 0 Å². The van der Waals surface area contributed by atoms with Gasteiger partial charge in [-0.15, -0.1) is 0 Å². The van der Waals surface area contributed by atoms with Gasteiger partial charge in [0.15, 0.2) is 0 Å². The largest absolute Gasteiger partial charge is 0.246 e. The summed E-state index contributed by atoms with van der Waals surface area (Å²) in [6.45, 7) is 0.735. The Balaban J connectivity index is 2.90. The van der Waals surface area contributed by atoms with E-state index in [1.165, 1.54) is 0 Å². The molecule has 1 aromatic rings. The maximum Gasteiger partial charge on any atom is 0.246 e. The molecule has 5 heteroatoms. The van der Waals surface area contributed by atoms with Gasteiger partial charge in [-0.2, -0.15) is 0 Å². The summed E-state index contributed by atoms with van der Waals surface area (Å²) in [5.41, 5.74) is -0.0866. The van der Waals surface area contributed by atoms with Crippen LogP contribution in [-0.2, 0) is 0 Å². The van der Waals surface area contributed by atoms with Crippen LogP contribution in [0.1, 0.15) is 23.7 Å². The van der Waals surface area contributed by atoms with E-state index in [0.717, 1.165) is 25.1 Å². The summed E-state index contributed by atoms with van der Waals surface area (Å²) in [7, 11) is 0. The minimum absolute atomic E-state index is 0.0866. The summed E-state index contributed by atoms with van der Waals surface area (Å²) in [4.78, 5) is -0.895. The number of alkyl halides is 3. The highest BCUT2D eigenvalue weighted by atomic mass is 79.9. The molecule has 0 heterocycles. The van der Waals surface area contributed by atoms with Crippen LogP contribution in [0, 0.1) is 11.6 Å². The Hall–Kier alpha value is -0.580. The Morgan fingerprint density at radius 3 is 2.47 bits per heavy atom. The monoisotopic (exact) mass is 284 g/mol. The van der Waals surface area contributed by atoms with Crippen LogP contribution in [-0.4, -0.2) is 5.92 Å². The molecule has 15 heavy (non-hydrogen) atoms. The Labute approximate surface area is 93.4 Å². The molecule has 1 rings (SSSR count).